The van der Waals surface area contributed by atoms with Gasteiger partial charge in [-0.3, -0.25) is 0 Å². The molecule has 0 bridgehead atoms. The van der Waals surface area contributed by atoms with Gasteiger partial charge in [0.25, 0.3) is 0 Å². The topological polar surface area (TPSA) is 28.7 Å². The van der Waals surface area contributed by atoms with E-state index in [1.807, 2.05) is 0 Å². The van der Waals surface area contributed by atoms with E-state index in [0.717, 1.165) is 22.5 Å². The van der Waals surface area contributed by atoms with Gasteiger partial charge in [0.1, 0.15) is 10.4 Å². The van der Waals surface area contributed by atoms with Crippen molar-refractivity contribution in [2.24, 2.45) is 0 Å². The van der Waals surface area contributed by atoms with E-state index < -0.39 is 0 Å². The van der Waals surface area contributed by atoms with Gasteiger partial charge in [0.15, 0.2) is 0 Å². The van der Waals surface area contributed by atoms with Gasteiger partial charge in [0.2, 0.25) is 0 Å². The van der Waals surface area contributed by atoms with Crippen LogP contribution in [0.5, 0.6) is 0 Å². The van der Waals surface area contributed by atoms with Crippen LogP contribution in [-0.4, -0.2) is 9.97 Å². The minimum absolute atomic E-state index is 0.966. The second-order valence-corrected chi connectivity index (χ2v) is 5.93. The molecule has 1 rings (SSSR count). The molecule has 0 spiro atoms. The predicted octanol–water partition coefficient (Wildman–Crippen LogP) is 5.55. The number of aryl methyl sites for hydroxylation is 2. The van der Waals surface area contributed by atoms with E-state index in [0.29, 0.717) is 0 Å². The summed E-state index contributed by atoms with van der Waals surface area (Å²) in [5.41, 5.74) is 1.14. The van der Waals surface area contributed by atoms with Crippen LogP contribution in [0.4, 0.5) is 0 Å². The van der Waals surface area contributed by atoms with Crippen molar-refractivity contribution in [3.8, 4) is 0 Å². The molecule has 0 fully saturated rings. The Hall–Kier alpha value is -0.310. The number of aromatic amines is 1. The molecule has 18 heavy (non-hydrogen) atoms. The van der Waals surface area contributed by atoms with Crippen LogP contribution < -0.4 is 0 Å². The lowest BCUT2D eigenvalue weighted by molar-refractivity contribution is 0.562. The first kappa shape index (κ1) is 15.7. The average Bonchev–Trinajstić information content (AvgIpc) is 2.67. The van der Waals surface area contributed by atoms with E-state index in [2.05, 4.69) is 39.7 Å². The standard InChI is InChI=1S/C15H27BrN2/c1-3-4-5-6-7-8-9-10-11-12-14-17-13(2)15(16)18-14/h3-12H2,1-2H3,(H,17,18). The van der Waals surface area contributed by atoms with E-state index in [1.165, 1.54) is 57.8 Å². The second kappa shape index (κ2) is 9.60. The van der Waals surface area contributed by atoms with E-state index in [-0.39, 0.29) is 0 Å². The van der Waals surface area contributed by atoms with Gasteiger partial charge >= 0.3 is 0 Å². The fraction of sp³-hybridized carbons (Fsp3) is 0.800. The average molecular weight is 315 g/mol. The molecule has 0 saturated carbocycles. The summed E-state index contributed by atoms with van der Waals surface area (Å²) in [6.07, 6.45) is 13.5. The largest absolute Gasteiger partial charge is 0.345 e. The van der Waals surface area contributed by atoms with Crippen molar-refractivity contribution in [1.82, 2.24) is 9.97 Å². The summed E-state index contributed by atoms with van der Waals surface area (Å²) >= 11 is 3.44. The van der Waals surface area contributed by atoms with E-state index in [4.69, 9.17) is 0 Å². The molecule has 0 aliphatic rings. The first-order valence-electron chi connectivity index (χ1n) is 7.45. The van der Waals surface area contributed by atoms with Gasteiger partial charge < -0.3 is 4.98 Å². The molecule has 104 valence electrons. The van der Waals surface area contributed by atoms with Crippen LogP contribution in [0.2, 0.25) is 0 Å². The molecule has 1 aromatic heterocycles. The highest BCUT2D eigenvalue weighted by Crippen LogP contribution is 2.14. The fourth-order valence-electron chi connectivity index (χ4n) is 2.22. The van der Waals surface area contributed by atoms with Crippen molar-refractivity contribution >= 4 is 15.9 Å². The Bertz CT molecular complexity index is 301. The number of halogens is 1. The van der Waals surface area contributed by atoms with Crippen molar-refractivity contribution in [3.05, 3.63) is 16.1 Å². The molecule has 2 nitrogen and oxygen atoms in total. The van der Waals surface area contributed by atoms with Crippen LogP contribution in [-0.2, 0) is 6.42 Å². The first-order chi connectivity index (χ1) is 8.74. The van der Waals surface area contributed by atoms with Crippen LogP contribution in [0.15, 0.2) is 4.60 Å². The van der Waals surface area contributed by atoms with Gasteiger partial charge in [-0.1, -0.05) is 58.3 Å². The molecule has 0 aliphatic heterocycles. The number of imidazole rings is 1. The highest BCUT2D eigenvalue weighted by Gasteiger charge is 2.02. The maximum Gasteiger partial charge on any atom is 0.127 e. The summed E-state index contributed by atoms with van der Waals surface area (Å²) in [7, 11) is 0. The third-order valence-corrected chi connectivity index (χ3v) is 4.16. The Morgan fingerprint density at radius 3 is 2.00 bits per heavy atom. The summed E-state index contributed by atoms with van der Waals surface area (Å²) in [4.78, 5) is 7.75. The lowest BCUT2D eigenvalue weighted by Crippen LogP contribution is -1.89. The normalized spacial score (nSPS) is 11.1. The highest BCUT2D eigenvalue weighted by molar-refractivity contribution is 9.10. The fourth-order valence-corrected chi connectivity index (χ4v) is 2.53. The van der Waals surface area contributed by atoms with Gasteiger partial charge in [-0.15, -0.1) is 0 Å². The zero-order valence-electron chi connectivity index (χ0n) is 11.9. The second-order valence-electron chi connectivity index (χ2n) is 5.18. The molecule has 0 aromatic carbocycles. The van der Waals surface area contributed by atoms with Crippen LogP contribution in [0.3, 0.4) is 0 Å². The zero-order chi connectivity index (χ0) is 13.2. The quantitative estimate of drug-likeness (QED) is 0.563. The van der Waals surface area contributed by atoms with E-state index in [1.54, 1.807) is 0 Å². The molecular weight excluding hydrogens is 288 g/mol. The Morgan fingerprint density at radius 1 is 0.944 bits per heavy atom. The van der Waals surface area contributed by atoms with Crippen molar-refractivity contribution in [2.75, 3.05) is 0 Å². The summed E-state index contributed by atoms with van der Waals surface area (Å²) in [5.74, 6) is 1.13. The smallest absolute Gasteiger partial charge is 0.127 e. The molecule has 3 heteroatoms. The summed E-state index contributed by atoms with van der Waals surface area (Å²) < 4.78 is 0.966. The number of nitrogens with one attached hydrogen (secondary N) is 1. The maximum absolute atomic E-state index is 4.44. The number of rotatable bonds is 10. The van der Waals surface area contributed by atoms with Crippen molar-refractivity contribution in [3.63, 3.8) is 0 Å². The molecule has 1 aromatic rings. The molecule has 0 atom stereocenters. The molecule has 0 unspecified atom stereocenters. The SMILES string of the molecule is CCCCCCCCCCCc1nc(Br)c(C)[nH]1. The van der Waals surface area contributed by atoms with Crippen LogP contribution in [0, 0.1) is 6.92 Å². The number of aromatic nitrogens is 2. The number of nitrogens with zero attached hydrogens (tertiary/aromatic N) is 1. The van der Waals surface area contributed by atoms with Crippen LogP contribution in [0.1, 0.15) is 76.2 Å². The monoisotopic (exact) mass is 314 g/mol. The Kier molecular flexibility index (Phi) is 8.40. The molecule has 0 amide bonds. The minimum Gasteiger partial charge on any atom is -0.345 e. The lowest BCUT2D eigenvalue weighted by Gasteiger charge is -2.01. The van der Waals surface area contributed by atoms with Gasteiger partial charge in [-0.25, -0.2) is 4.98 Å². The molecule has 0 saturated heterocycles. The third kappa shape index (κ3) is 6.58. The highest BCUT2D eigenvalue weighted by atomic mass is 79.9. The minimum atomic E-state index is 0.966. The Morgan fingerprint density at radius 2 is 1.50 bits per heavy atom. The summed E-state index contributed by atoms with van der Waals surface area (Å²) in [6.45, 7) is 4.32. The molecular formula is C15H27BrN2. The number of hydrogen-bond donors (Lipinski definition) is 1. The zero-order valence-corrected chi connectivity index (χ0v) is 13.5. The predicted molar refractivity (Wildman–Crippen MR) is 82.0 cm³/mol. The van der Waals surface area contributed by atoms with Crippen molar-refractivity contribution in [2.45, 2.75) is 78.1 Å². The van der Waals surface area contributed by atoms with E-state index >= 15 is 0 Å². The molecule has 1 heterocycles. The van der Waals surface area contributed by atoms with Gasteiger partial charge in [0.05, 0.1) is 0 Å². The lowest BCUT2D eigenvalue weighted by atomic mass is 10.1. The van der Waals surface area contributed by atoms with Gasteiger partial charge in [0, 0.05) is 12.1 Å². The van der Waals surface area contributed by atoms with Gasteiger partial charge in [-0.05, 0) is 29.3 Å². The van der Waals surface area contributed by atoms with Crippen molar-refractivity contribution < 1.29 is 0 Å². The summed E-state index contributed by atoms with van der Waals surface area (Å²) in [6, 6.07) is 0. The third-order valence-electron chi connectivity index (χ3n) is 3.39. The number of H-pyrrole nitrogens is 1. The van der Waals surface area contributed by atoms with Crippen LogP contribution >= 0.6 is 15.9 Å². The molecule has 0 radical (unpaired) electrons. The molecule has 0 aliphatic carbocycles. The van der Waals surface area contributed by atoms with E-state index in [9.17, 15) is 0 Å². The van der Waals surface area contributed by atoms with Crippen LogP contribution in [0.25, 0.3) is 0 Å². The number of hydrogen-bond acceptors (Lipinski definition) is 1. The molecule has 1 N–H and O–H groups in total. The van der Waals surface area contributed by atoms with Crippen molar-refractivity contribution in [1.29, 1.82) is 0 Å². The Labute approximate surface area is 120 Å². The first-order valence-corrected chi connectivity index (χ1v) is 8.24. The Balaban J connectivity index is 1.92. The van der Waals surface area contributed by atoms with Gasteiger partial charge in [-0.2, -0.15) is 0 Å². The summed E-state index contributed by atoms with van der Waals surface area (Å²) in [5, 5.41) is 0. The number of unbranched alkanes of at least 4 members (excludes halogenated alkanes) is 8. The maximum atomic E-state index is 4.44.